The molecule has 1 amide bonds. The molecule has 2 aliphatic rings. The molecule has 7 nitrogen and oxygen atoms in total. The van der Waals surface area contributed by atoms with Gasteiger partial charge in [0.2, 0.25) is 5.88 Å². The lowest BCUT2D eigenvalue weighted by Crippen LogP contribution is -2.45. The van der Waals surface area contributed by atoms with E-state index in [1.165, 1.54) is 17.0 Å². The van der Waals surface area contributed by atoms with Crippen LogP contribution in [0.25, 0.3) is 0 Å². The van der Waals surface area contributed by atoms with Gasteiger partial charge in [0.05, 0.1) is 19.3 Å². The van der Waals surface area contributed by atoms with Crippen molar-refractivity contribution in [2.45, 2.75) is 19.4 Å². The second-order valence-corrected chi connectivity index (χ2v) is 7.01. The largest absolute Gasteiger partial charge is 0.474 e. The number of morpholine rings is 1. The zero-order valence-electron chi connectivity index (χ0n) is 15.6. The van der Waals surface area contributed by atoms with Crippen molar-refractivity contribution >= 4 is 17.6 Å². The Hall–Kier alpha value is -2.87. The Balaban J connectivity index is 1.78. The summed E-state index contributed by atoms with van der Waals surface area (Å²) in [5, 5.41) is 9.66. The highest BCUT2D eigenvalue weighted by Crippen LogP contribution is 2.37. The van der Waals surface area contributed by atoms with Crippen LogP contribution in [0.3, 0.4) is 0 Å². The highest BCUT2D eigenvalue weighted by atomic mass is 19.1. The summed E-state index contributed by atoms with van der Waals surface area (Å²) in [4.78, 5) is 19.9. The van der Waals surface area contributed by atoms with Gasteiger partial charge in [0.25, 0.3) is 0 Å². The highest BCUT2D eigenvalue weighted by Gasteiger charge is 2.32. The Labute approximate surface area is 162 Å². The smallest absolute Gasteiger partial charge is 0.412 e. The molecule has 1 N–H and O–H groups in total. The molecule has 8 heteroatoms. The van der Waals surface area contributed by atoms with Crippen LogP contribution in [0, 0.1) is 5.82 Å². The Morgan fingerprint density at radius 2 is 2.00 bits per heavy atom. The van der Waals surface area contributed by atoms with Crippen molar-refractivity contribution in [2.75, 3.05) is 42.7 Å². The summed E-state index contributed by atoms with van der Waals surface area (Å²) in [7, 11) is 0. The summed E-state index contributed by atoms with van der Waals surface area (Å²) in [6.45, 7) is 4.66. The number of halogens is 1. The minimum absolute atomic E-state index is 0.256. The van der Waals surface area contributed by atoms with Crippen LogP contribution >= 0.6 is 0 Å². The maximum atomic E-state index is 13.3. The summed E-state index contributed by atoms with van der Waals surface area (Å²) in [6, 6.07) is 7.83. The molecule has 1 fully saturated rings. The van der Waals surface area contributed by atoms with Gasteiger partial charge in [-0.3, -0.25) is 4.90 Å². The minimum atomic E-state index is -1.04. The third-order valence-corrected chi connectivity index (χ3v) is 5.01. The lowest BCUT2D eigenvalue weighted by atomic mass is 10.0. The maximum absolute atomic E-state index is 13.3. The molecular formula is C20H22FN3O4. The van der Waals surface area contributed by atoms with E-state index in [9.17, 15) is 14.3 Å². The van der Waals surface area contributed by atoms with Gasteiger partial charge in [-0.05, 0) is 30.7 Å². The molecule has 1 aromatic carbocycles. The normalized spacial score (nSPS) is 19.1. The summed E-state index contributed by atoms with van der Waals surface area (Å²) in [6.07, 6.45) is -0.527. The molecule has 2 aliphatic heterocycles. The van der Waals surface area contributed by atoms with E-state index in [0.717, 1.165) is 16.9 Å². The van der Waals surface area contributed by atoms with Crippen LogP contribution in [0.2, 0.25) is 0 Å². The van der Waals surface area contributed by atoms with Crippen LogP contribution < -0.4 is 14.5 Å². The second-order valence-electron chi connectivity index (χ2n) is 7.01. The number of carbonyl (C=O) groups is 1. The second kappa shape index (κ2) is 7.63. The van der Waals surface area contributed by atoms with Crippen LogP contribution in [-0.4, -0.2) is 55.1 Å². The van der Waals surface area contributed by atoms with E-state index in [-0.39, 0.29) is 18.5 Å². The van der Waals surface area contributed by atoms with Gasteiger partial charge in [0, 0.05) is 25.1 Å². The van der Waals surface area contributed by atoms with E-state index in [0.29, 0.717) is 44.3 Å². The van der Waals surface area contributed by atoms with E-state index in [1.54, 1.807) is 19.1 Å². The molecule has 0 spiro atoms. The molecule has 2 aromatic rings. The third kappa shape index (κ3) is 3.60. The molecule has 1 unspecified atom stereocenters. The molecule has 0 saturated carbocycles. The highest BCUT2D eigenvalue weighted by molar-refractivity contribution is 5.89. The molecule has 0 radical (unpaired) electrons. The van der Waals surface area contributed by atoms with Gasteiger partial charge in [-0.1, -0.05) is 12.1 Å². The Morgan fingerprint density at radius 3 is 2.68 bits per heavy atom. The van der Waals surface area contributed by atoms with Crippen molar-refractivity contribution in [3.8, 4) is 5.88 Å². The number of pyridine rings is 1. The summed E-state index contributed by atoms with van der Waals surface area (Å²) >= 11 is 0. The number of aromatic nitrogens is 1. The van der Waals surface area contributed by atoms with Gasteiger partial charge in [-0.15, -0.1) is 0 Å². The van der Waals surface area contributed by atoms with E-state index in [1.807, 2.05) is 6.07 Å². The average molecular weight is 387 g/mol. The molecule has 148 valence electrons. The van der Waals surface area contributed by atoms with Crippen molar-refractivity contribution in [3.05, 3.63) is 47.3 Å². The standard InChI is InChI=1S/C20H22FN3O4/c1-13-12-28-19-17(24(13)20(25)26)11-15(10-14-2-4-16(21)5-3-14)18(22-19)23-6-8-27-9-7-23/h2-5,11,13H,6-10,12H2,1H3,(H,25,26). The minimum Gasteiger partial charge on any atom is -0.474 e. The van der Waals surface area contributed by atoms with Crippen molar-refractivity contribution in [3.63, 3.8) is 0 Å². The first kappa shape index (κ1) is 18.5. The maximum Gasteiger partial charge on any atom is 0.412 e. The van der Waals surface area contributed by atoms with Crippen LogP contribution in [0.5, 0.6) is 5.88 Å². The molecule has 1 atom stereocenters. The third-order valence-electron chi connectivity index (χ3n) is 5.01. The predicted octanol–water partition coefficient (Wildman–Crippen LogP) is 2.91. The van der Waals surface area contributed by atoms with Crippen LogP contribution in [0.15, 0.2) is 30.3 Å². The van der Waals surface area contributed by atoms with Gasteiger partial charge in [0.15, 0.2) is 0 Å². The zero-order valence-corrected chi connectivity index (χ0v) is 15.6. The van der Waals surface area contributed by atoms with Crippen LogP contribution in [0.1, 0.15) is 18.1 Å². The monoisotopic (exact) mass is 387 g/mol. The van der Waals surface area contributed by atoms with Crippen LogP contribution in [-0.2, 0) is 11.2 Å². The Kier molecular flexibility index (Phi) is 5.04. The zero-order chi connectivity index (χ0) is 19.7. The number of anilines is 2. The molecular weight excluding hydrogens is 365 g/mol. The number of amides is 1. The summed E-state index contributed by atoms with van der Waals surface area (Å²) < 4.78 is 24.5. The van der Waals surface area contributed by atoms with Crippen LogP contribution in [0.4, 0.5) is 20.7 Å². The summed E-state index contributed by atoms with van der Waals surface area (Å²) in [5.74, 6) is 0.788. The van der Waals surface area contributed by atoms with E-state index in [4.69, 9.17) is 9.47 Å². The average Bonchev–Trinajstić information content (AvgIpc) is 2.69. The molecule has 0 aliphatic carbocycles. The molecule has 0 bridgehead atoms. The number of carboxylic acid groups (broad SMARTS) is 1. The van der Waals surface area contributed by atoms with Gasteiger partial charge < -0.3 is 19.5 Å². The molecule has 1 aromatic heterocycles. The van der Waals surface area contributed by atoms with Crippen molar-refractivity contribution in [2.24, 2.45) is 0 Å². The fourth-order valence-corrected chi connectivity index (χ4v) is 3.60. The molecule has 1 saturated heterocycles. The summed E-state index contributed by atoms with van der Waals surface area (Å²) in [5.41, 5.74) is 2.24. The molecule has 4 rings (SSSR count). The van der Waals surface area contributed by atoms with Gasteiger partial charge >= 0.3 is 6.09 Å². The number of benzene rings is 1. The number of nitrogens with zero attached hydrogens (tertiary/aromatic N) is 3. The molecule has 3 heterocycles. The lowest BCUT2D eigenvalue weighted by molar-refractivity contribution is 0.122. The van der Waals surface area contributed by atoms with Crippen molar-refractivity contribution in [1.29, 1.82) is 0 Å². The van der Waals surface area contributed by atoms with Gasteiger partial charge in [0.1, 0.15) is 23.9 Å². The topological polar surface area (TPSA) is 75.1 Å². The van der Waals surface area contributed by atoms with Crippen molar-refractivity contribution in [1.82, 2.24) is 4.98 Å². The first-order valence-corrected chi connectivity index (χ1v) is 9.29. The number of ether oxygens (including phenoxy) is 2. The number of hydrogen-bond acceptors (Lipinski definition) is 5. The van der Waals surface area contributed by atoms with E-state index < -0.39 is 6.09 Å². The van der Waals surface area contributed by atoms with E-state index in [2.05, 4.69) is 9.88 Å². The number of fused-ring (bicyclic) bond motifs is 1. The first-order chi connectivity index (χ1) is 13.5. The Morgan fingerprint density at radius 1 is 1.29 bits per heavy atom. The van der Waals surface area contributed by atoms with Crippen molar-refractivity contribution < 1.29 is 23.8 Å². The fourth-order valence-electron chi connectivity index (χ4n) is 3.60. The lowest BCUT2D eigenvalue weighted by Gasteiger charge is -2.35. The molecule has 28 heavy (non-hydrogen) atoms. The SMILES string of the molecule is CC1COc2nc(N3CCOCC3)c(Cc3ccc(F)cc3)cc2N1C(=O)O. The van der Waals surface area contributed by atoms with E-state index >= 15 is 0 Å². The fraction of sp³-hybridized carbons (Fsp3) is 0.400. The van der Waals surface area contributed by atoms with Gasteiger partial charge in [-0.2, -0.15) is 4.98 Å². The quantitative estimate of drug-likeness (QED) is 0.873. The number of hydrogen-bond donors (Lipinski definition) is 1. The van der Waals surface area contributed by atoms with Gasteiger partial charge in [-0.25, -0.2) is 9.18 Å². The Bertz CT molecular complexity index is 868. The first-order valence-electron chi connectivity index (χ1n) is 9.29. The number of rotatable bonds is 3. The predicted molar refractivity (Wildman–Crippen MR) is 102 cm³/mol.